The summed E-state index contributed by atoms with van der Waals surface area (Å²) in [5.74, 6) is -0.872. The molecule has 0 aromatic heterocycles. The number of methoxy groups -OCH3 is 1. The maximum absolute atomic E-state index is 13.1. The van der Waals surface area contributed by atoms with Crippen LogP contribution >= 0.6 is 11.6 Å². The third kappa shape index (κ3) is 4.97. The molecule has 32 heavy (non-hydrogen) atoms. The van der Waals surface area contributed by atoms with Gasteiger partial charge in [0, 0.05) is 17.1 Å². The molecule has 0 unspecified atom stereocenters. The van der Waals surface area contributed by atoms with Crippen LogP contribution in [0.3, 0.4) is 0 Å². The Bertz CT molecular complexity index is 999. The van der Waals surface area contributed by atoms with E-state index in [1.54, 1.807) is 54.5 Å². The lowest BCUT2D eigenvalue weighted by atomic mass is 9.95. The Morgan fingerprint density at radius 3 is 2.41 bits per heavy atom. The lowest BCUT2D eigenvalue weighted by Gasteiger charge is -2.27. The van der Waals surface area contributed by atoms with Crippen molar-refractivity contribution in [2.75, 3.05) is 33.3 Å². The number of aliphatic hydroxyl groups excluding tert-OH is 1. The molecule has 3 rings (SSSR count). The maximum atomic E-state index is 13.1. The molecule has 0 saturated carbocycles. The first-order valence-electron chi connectivity index (χ1n) is 10.8. The van der Waals surface area contributed by atoms with E-state index in [-0.39, 0.29) is 11.3 Å². The molecule has 0 spiro atoms. The number of amides is 1. The number of halogens is 1. The fourth-order valence-electron chi connectivity index (χ4n) is 4.04. The van der Waals surface area contributed by atoms with Crippen molar-refractivity contribution in [3.63, 3.8) is 0 Å². The van der Waals surface area contributed by atoms with Crippen LogP contribution in [0.25, 0.3) is 5.76 Å². The van der Waals surface area contributed by atoms with Crippen molar-refractivity contribution in [3.05, 3.63) is 70.3 Å². The molecule has 1 aliphatic rings. The van der Waals surface area contributed by atoms with Crippen molar-refractivity contribution in [1.82, 2.24) is 9.80 Å². The molecule has 0 bridgehead atoms. The second-order valence-electron chi connectivity index (χ2n) is 7.66. The fraction of sp³-hybridized carbons (Fsp3) is 0.360. The Balaban J connectivity index is 2.02. The highest BCUT2D eigenvalue weighted by Gasteiger charge is 2.45. The molecule has 2 aromatic rings. The Kier molecular flexibility index (Phi) is 7.94. The predicted molar refractivity (Wildman–Crippen MR) is 126 cm³/mol. The molecule has 2 aromatic carbocycles. The average Bonchev–Trinajstić information content (AvgIpc) is 3.06. The topological polar surface area (TPSA) is 70.1 Å². The van der Waals surface area contributed by atoms with Crippen LogP contribution in [0.2, 0.25) is 5.02 Å². The number of hydrogen-bond donors (Lipinski definition) is 1. The van der Waals surface area contributed by atoms with Crippen LogP contribution in [0.15, 0.2) is 54.1 Å². The Hall–Kier alpha value is -2.83. The highest BCUT2D eigenvalue weighted by atomic mass is 35.5. The number of Topliss-reactive ketones (excluding diaryl/α,β-unsaturated/α-hetero) is 1. The number of ether oxygens (including phenoxy) is 1. The number of carbonyl (C=O) groups excluding carboxylic acids is 2. The molecule has 6 nitrogen and oxygen atoms in total. The van der Waals surface area contributed by atoms with E-state index in [2.05, 4.69) is 18.7 Å². The summed E-state index contributed by atoms with van der Waals surface area (Å²) < 4.78 is 5.17. The van der Waals surface area contributed by atoms with Crippen LogP contribution in [-0.2, 0) is 9.59 Å². The summed E-state index contributed by atoms with van der Waals surface area (Å²) in [6.45, 7) is 7.25. The smallest absolute Gasteiger partial charge is 0.295 e. The fourth-order valence-corrected chi connectivity index (χ4v) is 4.24. The minimum Gasteiger partial charge on any atom is -0.507 e. The maximum Gasteiger partial charge on any atom is 0.295 e. The first-order valence-corrected chi connectivity index (χ1v) is 11.2. The lowest BCUT2D eigenvalue weighted by Crippen LogP contribution is -2.33. The molecule has 0 radical (unpaired) electrons. The summed E-state index contributed by atoms with van der Waals surface area (Å²) in [5.41, 5.74) is 1.21. The van der Waals surface area contributed by atoms with Gasteiger partial charge in [-0.25, -0.2) is 0 Å². The van der Waals surface area contributed by atoms with E-state index >= 15 is 0 Å². The van der Waals surface area contributed by atoms with E-state index < -0.39 is 17.7 Å². The molecule has 1 atom stereocenters. The predicted octanol–water partition coefficient (Wildman–Crippen LogP) is 4.50. The first kappa shape index (κ1) is 23.8. The van der Waals surface area contributed by atoms with Crippen molar-refractivity contribution in [1.29, 1.82) is 0 Å². The number of likely N-dealkylation sites (tertiary alicyclic amines) is 1. The molecule has 0 aliphatic carbocycles. The highest BCUT2D eigenvalue weighted by Crippen LogP contribution is 2.40. The van der Waals surface area contributed by atoms with E-state index in [4.69, 9.17) is 16.3 Å². The van der Waals surface area contributed by atoms with Gasteiger partial charge in [0.25, 0.3) is 11.7 Å². The minimum atomic E-state index is -0.701. The molecule has 1 heterocycles. The zero-order valence-corrected chi connectivity index (χ0v) is 19.4. The Morgan fingerprint density at radius 1 is 1.12 bits per heavy atom. The van der Waals surface area contributed by atoms with Crippen LogP contribution in [0.4, 0.5) is 0 Å². The first-order chi connectivity index (χ1) is 15.4. The summed E-state index contributed by atoms with van der Waals surface area (Å²) in [7, 11) is 1.55. The molecule has 1 saturated heterocycles. The summed E-state index contributed by atoms with van der Waals surface area (Å²) >= 11 is 6.22. The van der Waals surface area contributed by atoms with Crippen LogP contribution in [0.5, 0.6) is 5.75 Å². The molecule has 170 valence electrons. The van der Waals surface area contributed by atoms with Crippen molar-refractivity contribution >= 4 is 29.1 Å². The number of ketones is 1. The van der Waals surface area contributed by atoms with Gasteiger partial charge in [0.05, 0.1) is 18.7 Å². The quantitative estimate of drug-likeness (QED) is 0.341. The third-order valence-corrected chi connectivity index (χ3v) is 6.07. The van der Waals surface area contributed by atoms with Crippen molar-refractivity contribution in [2.24, 2.45) is 0 Å². The standard InChI is InChI=1S/C25H29ClN2O4/c1-4-27(5-2)14-7-15-28-22(18-8-6-9-19(26)16-18)21(24(30)25(28)31)23(29)17-10-12-20(32-3)13-11-17/h6,8-13,16,22,29H,4-5,7,14-15H2,1-3H3/b23-21+/t22-/m0/s1. The number of rotatable bonds is 9. The molecular weight excluding hydrogens is 428 g/mol. The number of carbonyl (C=O) groups is 2. The van der Waals surface area contributed by atoms with Gasteiger partial charge in [0.2, 0.25) is 0 Å². The van der Waals surface area contributed by atoms with Crippen molar-refractivity contribution in [2.45, 2.75) is 26.3 Å². The van der Waals surface area contributed by atoms with E-state index in [9.17, 15) is 14.7 Å². The Labute approximate surface area is 194 Å². The normalized spacial score (nSPS) is 17.9. The molecular formula is C25H29ClN2O4. The van der Waals surface area contributed by atoms with Crippen LogP contribution < -0.4 is 4.74 Å². The highest BCUT2D eigenvalue weighted by molar-refractivity contribution is 6.46. The lowest BCUT2D eigenvalue weighted by molar-refractivity contribution is -0.140. The van der Waals surface area contributed by atoms with Crippen molar-refractivity contribution in [3.8, 4) is 5.75 Å². The number of nitrogens with zero attached hydrogens (tertiary/aromatic N) is 2. The van der Waals surface area contributed by atoms with Gasteiger partial charge >= 0.3 is 0 Å². The number of benzene rings is 2. The average molecular weight is 457 g/mol. The summed E-state index contributed by atoms with van der Waals surface area (Å²) in [6, 6.07) is 13.1. The zero-order chi connectivity index (χ0) is 23.3. The third-order valence-electron chi connectivity index (χ3n) is 5.84. The van der Waals surface area contributed by atoms with Crippen LogP contribution in [-0.4, -0.2) is 59.9 Å². The van der Waals surface area contributed by atoms with E-state index in [0.717, 1.165) is 19.6 Å². The second-order valence-corrected chi connectivity index (χ2v) is 8.09. The Morgan fingerprint density at radius 2 is 1.81 bits per heavy atom. The van der Waals surface area contributed by atoms with Gasteiger partial charge in [-0.1, -0.05) is 37.6 Å². The van der Waals surface area contributed by atoms with Gasteiger partial charge in [0.1, 0.15) is 11.5 Å². The summed E-state index contributed by atoms with van der Waals surface area (Å²) in [4.78, 5) is 29.9. The molecule has 1 aliphatic heterocycles. The van der Waals surface area contributed by atoms with E-state index in [1.165, 1.54) is 0 Å². The molecule has 7 heteroatoms. The van der Waals surface area contributed by atoms with E-state index in [1.807, 2.05) is 6.07 Å². The second kappa shape index (κ2) is 10.7. The summed E-state index contributed by atoms with van der Waals surface area (Å²) in [5, 5.41) is 11.6. The minimum absolute atomic E-state index is 0.0743. The largest absolute Gasteiger partial charge is 0.507 e. The monoisotopic (exact) mass is 456 g/mol. The number of aliphatic hydroxyl groups is 1. The van der Waals surface area contributed by atoms with Crippen molar-refractivity contribution < 1.29 is 19.4 Å². The number of hydrogen-bond acceptors (Lipinski definition) is 5. The van der Waals surface area contributed by atoms with Gasteiger partial charge in [0.15, 0.2) is 0 Å². The van der Waals surface area contributed by atoms with Crippen LogP contribution in [0, 0.1) is 0 Å². The van der Waals surface area contributed by atoms with Gasteiger partial charge < -0.3 is 19.6 Å². The van der Waals surface area contributed by atoms with Gasteiger partial charge in [-0.15, -0.1) is 0 Å². The van der Waals surface area contributed by atoms with Gasteiger partial charge in [-0.2, -0.15) is 0 Å². The van der Waals surface area contributed by atoms with Gasteiger partial charge in [-0.3, -0.25) is 9.59 Å². The van der Waals surface area contributed by atoms with Gasteiger partial charge in [-0.05, 0) is 68.0 Å². The van der Waals surface area contributed by atoms with Crippen LogP contribution in [0.1, 0.15) is 37.4 Å². The zero-order valence-electron chi connectivity index (χ0n) is 18.7. The molecule has 1 N–H and O–H groups in total. The summed E-state index contributed by atoms with van der Waals surface area (Å²) in [6.07, 6.45) is 0.717. The molecule has 1 amide bonds. The molecule has 1 fully saturated rings. The van der Waals surface area contributed by atoms with E-state index in [0.29, 0.717) is 34.9 Å². The SMILES string of the molecule is CCN(CC)CCCN1C(=O)C(=O)/C(=C(/O)c2ccc(OC)cc2)[C@@H]1c1cccc(Cl)c1.